The van der Waals surface area contributed by atoms with Crippen molar-refractivity contribution in [3.05, 3.63) is 18.5 Å². The van der Waals surface area contributed by atoms with Crippen molar-refractivity contribution in [2.24, 2.45) is 0 Å². The van der Waals surface area contributed by atoms with Crippen molar-refractivity contribution in [1.29, 1.82) is 0 Å². The highest BCUT2D eigenvalue weighted by molar-refractivity contribution is 8.00. The molecule has 0 aliphatic rings. The van der Waals surface area contributed by atoms with Crippen LogP contribution in [0.2, 0.25) is 0 Å². The molecule has 0 spiro atoms. The Balaban J connectivity index is 2.78. The van der Waals surface area contributed by atoms with Gasteiger partial charge in [-0.25, -0.2) is 4.98 Å². The number of hydrogen-bond acceptors (Lipinski definition) is 3. The van der Waals surface area contributed by atoms with Gasteiger partial charge in [0.1, 0.15) is 11.9 Å². The molecule has 0 amide bonds. The molecular weight excluding hydrogens is 203 g/mol. The maximum Gasteiger partial charge on any atom is 0.446 e. The first-order chi connectivity index (χ1) is 6.01. The van der Waals surface area contributed by atoms with Gasteiger partial charge in [-0.3, -0.25) is 0 Å². The number of halogens is 3. The Morgan fingerprint density at radius 2 is 2.23 bits per heavy atom. The second-order valence-corrected chi connectivity index (χ2v) is 3.17. The summed E-state index contributed by atoms with van der Waals surface area (Å²) in [7, 11) is 1.34. The van der Waals surface area contributed by atoms with Crippen molar-refractivity contribution in [3.8, 4) is 5.75 Å². The predicted octanol–water partition coefficient (Wildman–Crippen LogP) is 2.50. The van der Waals surface area contributed by atoms with Gasteiger partial charge in [0, 0.05) is 11.1 Å². The lowest BCUT2D eigenvalue weighted by Crippen LogP contribution is -1.99. The summed E-state index contributed by atoms with van der Waals surface area (Å²) in [5.41, 5.74) is -4.30. The first-order valence-corrected chi connectivity index (χ1v) is 4.00. The van der Waals surface area contributed by atoms with E-state index in [0.29, 0.717) is 0 Å². The number of alkyl halides is 3. The smallest absolute Gasteiger partial charge is 0.446 e. The van der Waals surface area contributed by atoms with E-state index in [4.69, 9.17) is 0 Å². The third-order valence-electron chi connectivity index (χ3n) is 1.09. The summed E-state index contributed by atoms with van der Waals surface area (Å²) in [6, 6.07) is 1.23. The lowest BCUT2D eigenvalue weighted by Gasteiger charge is -2.05. The van der Waals surface area contributed by atoms with Crippen molar-refractivity contribution in [2.75, 3.05) is 7.11 Å². The lowest BCUT2D eigenvalue weighted by molar-refractivity contribution is -0.0328. The van der Waals surface area contributed by atoms with Crippen LogP contribution >= 0.6 is 11.8 Å². The number of pyridine rings is 1. The molecule has 1 radical (unpaired) electrons. The summed E-state index contributed by atoms with van der Waals surface area (Å²) in [5, 5.41) is 0. The van der Waals surface area contributed by atoms with Gasteiger partial charge in [0.15, 0.2) is 0 Å². The standard InChI is InChI=1S/C7H5F3NOS/c1-12-5-2-6(4-11-3-5)13-7(8,9)10/h2,4H,1H3. The van der Waals surface area contributed by atoms with Gasteiger partial charge in [-0.2, -0.15) is 13.2 Å². The zero-order chi connectivity index (χ0) is 9.90. The monoisotopic (exact) mass is 208 g/mol. The first kappa shape index (κ1) is 10.2. The normalized spacial score (nSPS) is 11.4. The number of ether oxygens (including phenoxy) is 1. The molecule has 13 heavy (non-hydrogen) atoms. The summed E-state index contributed by atoms with van der Waals surface area (Å²) >= 11 is -0.232. The van der Waals surface area contributed by atoms with Crippen LogP contribution in [0.15, 0.2) is 17.2 Å². The lowest BCUT2D eigenvalue weighted by atomic mass is 10.5. The Hall–Kier alpha value is -0.910. The molecule has 1 rings (SSSR count). The minimum Gasteiger partial charge on any atom is -0.494 e. The van der Waals surface area contributed by atoms with E-state index in [1.165, 1.54) is 13.2 Å². The van der Waals surface area contributed by atoms with Gasteiger partial charge in [-0.05, 0) is 17.8 Å². The molecule has 6 heteroatoms. The van der Waals surface area contributed by atoms with E-state index in [1.807, 2.05) is 0 Å². The molecule has 1 aromatic rings. The minimum atomic E-state index is -4.30. The van der Waals surface area contributed by atoms with E-state index in [-0.39, 0.29) is 22.4 Å². The molecule has 0 unspecified atom stereocenters. The summed E-state index contributed by atoms with van der Waals surface area (Å²) < 4.78 is 40.3. The molecule has 1 aromatic heterocycles. The van der Waals surface area contributed by atoms with Crippen molar-refractivity contribution < 1.29 is 17.9 Å². The zero-order valence-electron chi connectivity index (χ0n) is 6.55. The minimum absolute atomic E-state index is 0.0110. The average molecular weight is 208 g/mol. The van der Waals surface area contributed by atoms with E-state index in [1.54, 1.807) is 0 Å². The highest BCUT2D eigenvalue weighted by Crippen LogP contribution is 2.37. The van der Waals surface area contributed by atoms with Crippen LogP contribution in [0, 0.1) is 6.20 Å². The summed E-state index contributed by atoms with van der Waals surface area (Å²) in [6.07, 6.45) is 3.48. The topological polar surface area (TPSA) is 22.1 Å². The van der Waals surface area contributed by atoms with Crippen LogP contribution < -0.4 is 4.74 Å². The Kier molecular flexibility index (Phi) is 3.02. The zero-order valence-corrected chi connectivity index (χ0v) is 7.37. The first-order valence-electron chi connectivity index (χ1n) is 3.19. The molecule has 0 saturated carbocycles. The van der Waals surface area contributed by atoms with Gasteiger partial charge >= 0.3 is 5.51 Å². The summed E-state index contributed by atoms with van der Waals surface area (Å²) in [6.45, 7) is 0. The van der Waals surface area contributed by atoms with Crippen LogP contribution in [-0.2, 0) is 0 Å². The van der Waals surface area contributed by atoms with Gasteiger partial charge in [0.05, 0.1) is 7.11 Å². The van der Waals surface area contributed by atoms with Gasteiger partial charge in [0.25, 0.3) is 0 Å². The third-order valence-corrected chi connectivity index (χ3v) is 1.78. The van der Waals surface area contributed by atoms with Crippen LogP contribution in [-0.4, -0.2) is 17.6 Å². The second kappa shape index (κ2) is 3.87. The van der Waals surface area contributed by atoms with Crippen LogP contribution in [0.1, 0.15) is 0 Å². The molecule has 0 bridgehead atoms. The highest BCUT2D eigenvalue weighted by atomic mass is 32.2. The van der Waals surface area contributed by atoms with Crippen LogP contribution in [0.3, 0.4) is 0 Å². The quantitative estimate of drug-likeness (QED) is 0.697. The van der Waals surface area contributed by atoms with E-state index < -0.39 is 5.51 Å². The molecule has 0 atom stereocenters. The SMILES string of the molecule is COc1[c]ncc(SC(F)(F)F)c1. The van der Waals surface area contributed by atoms with Gasteiger partial charge in [-0.1, -0.05) is 0 Å². The van der Waals surface area contributed by atoms with E-state index >= 15 is 0 Å². The van der Waals surface area contributed by atoms with Crippen molar-refractivity contribution in [3.63, 3.8) is 0 Å². The van der Waals surface area contributed by atoms with Gasteiger partial charge in [-0.15, -0.1) is 0 Å². The second-order valence-electron chi connectivity index (χ2n) is 2.03. The average Bonchev–Trinajstić information content (AvgIpc) is 2.01. The highest BCUT2D eigenvalue weighted by Gasteiger charge is 2.29. The number of aromatic nitrogens is 1. The third kappa shape index (κ3) is 3.54. The predicted molar refractivity (Wildman–Crippen MR) is 41.5 cm³/mol. The molecule has 0 aliphatic heterocycles. The Morgan fingerprint density at radius 3 is 2.77 bits per heavy atom. The van der Waals surface area contributed by atoms with E-state index in [9.17, 15) is 13.2 Å². The molecule has 71 valence electrons. The van der Waals surface area contributed by atoms with E-state index in [2.05, 4.69) is 15.9 Å². The Bertz CT molecular complexity index is 289. The fourth-order valence-corrected chi connectivity index (χ4v) is 1.19. The fourth-order valence-electron chi connectivity index (χ4n) is 0.652. The largest absolute Gasteiger partial charge is 0.494 e. The fraction of sp³-hybridized carbons (Fsp3) is 0.286. The maximum atomic E-state index is 11.9. The van der Waals surface area contributed by atoms with Crippen LogP contribution in [0.25, 0.3) is 0 Å². The van der Waals surface area contributed by atoms with Crippen molar-refractivity contribution in [1.82, 2.24) is 4.98 Å². The Morgan fingerprint density at radius 1 is 1.54 bits per heavy atom. The number of nitrogens with zero attached hydrogens (tertiary/aromatic N) is 1. The van der Waals surface area contributed by atoms with Crippen molar-refractivity contribution >= 4 is 11.8 Å². The molecule has 0 aliphatic carbocycles. The molecule has 1 heterocycles. The van der Waals surface area contributed by atoms with Crippen molar-refractivity contribution in [2.45, 2.75) is 10.4 Å². The Labute approximate surface area is 77.1 Å². The molecule has 0 saturated heterocycles. The molecule has 0 aromatic carbocycles. The number of hydrogen-bond donors (Lipinski definition) is 0. The summed E-state index contributed by atoms with van der Waals surface area (Å²) in [4.78, 5) is 3.46. The maximum absolute atomic E-state index is 11.9. The molecule has 0 fully saturated rings. The molecule has 0 N–H and O–H groups in total. The molecule has 2 nitrogen and oxygen atoms in total. The van der Waals surface area contributed by atoms with Gasteiger partial charge in [0.2, 0.25) is 0 Å². The summed E-state index contributed by atoms with van der Waals surface area (Å²) in [5.74, 6) is 0.189. The van der Waals surface area contributed by atoms with E-state index in [0.717, 1.165) is 6.20 Å². The molecular formula is C7H5F3NOS. The van der Waals surface area contributed by atoms with Crippen LogP contribution in [0.5, 0.6) is 5.75 Å². The van der Waals surface area contributed by atoms with Crippen LogP contribution in [0.4, 0.5) is 13.2 Å². The number of rotatable bonds is 2. The van der Waals surface area contributed by atoms with Gasteiger partial charge < -0.3 is 4.74 Å². The number of thioether (sulfide) groups is 1. The number of methoxy groups -OCH3 is 1.